The SMILES string of the molecule is CC(S)(CN)CP(=O)(O)O. The van der Waals surface area contributed by atoms with Crippen LogP contribution in [-0.2, 0) is 4.57 Å². The molecule has 0 aliphatic carbocycles. The van der Waals surface area contributed by atoms with E-state index >= 15 is 0 Å². The van der Waals surface area contributed by atoms with Crippen LogP contribution in [0, 0.1) is 0 Å². The van der Waals surface area contributed by atoms with Crippen molar-refractivity contribution >= 4 is 20.2 Å². The van der Waals surface area contributed by atoms with Crippen molar-refractivity contribution in [2.24, 2.45) is 5.73 Å². The fraction of sp³-hybridized carbons (Fsp3) is 1.00. The van der Waals surface area contributed by atoms with Crippen LogP contribution in [-0.4, -0.2) is 27.2 Å². The van der Waals surface area contributed by atoms with Gasteiger partial charge in [0.2, 0.25) is 0 Å². The molecule has 0 heterocycles. The molecule has 0 aromatic carbocycles. The highest BCUT2D eigenvalue weighted by atomic mass is 32.1. The average Bonchev–Trinajstić information content (AvgIpc) is 1.60. The Kier molecular flexibility index (Phi) is 3.39. The standard InChI is InChI=1S/C4H12NO3PS/c1-4(10,2-5)3-9(6,7)8/h10H,2-3,5H2,1H3,(H2,6,7,8). The highest BCUT2D eigenvalue weighted by Gasteiger charge is 2.27. The molecule has 0 fully saturated rings. The Bertz CT molecular complexity index is 155. The Morgan fingerprint density at radius 3 is 2.20 bits per heavy atom. The van der Waals surface area contributed by atoms with Gasteiger partial charge >= 0.3 is 7.60 Å². The molecule has 0 saturated carbocycles. The van der Waals surface area contributed by atoms with Gasteiger partial charge in [0.15, 0.2) is 0 Å². The number of nitrogens with two attached hydrogens (primary N) is 1. The molecule has 0 spiro atoms. The zero-order valence-corrected chi connectivity index (χ0v) is 7.48. The molecule has 1 unspecified atom stereocenters. The summed E-state index contributed by atoms with van der Waals surface area (Å²) in [4.78, 5) is 17.0. The van der Waals surface area contributed by atoms with Crippen molar-refractivity contribution in [2.75, 3.05) is 12.7 Å². The maximum absolute atomic E-state index is 10.4. The summed E-state index contributed by atoms with van der Waals surface area (Å²) in [6, 6.07) is 0. The summed E-state index contributed by atoms with van der Waals surface area (Å²) >= 11 is 3.96. The molecule has 0 radical (unpaired) electrons. The first-order chi connectivity index (χ1) is 4.27. The summed E-state index contributed by atoms with van der Waals surface area (Å²) in [6.45, 7) is 1.75. The van der Waals surface area contributed by atoms with Crippen molar-refractivity contribution < 1.29 is 14.4 Å². The van der Waals surface area contributed by atoms with Gasteiger partial charge in [0.05, 0.1) is 6.16 Å². The van der Waals surface area contributed by atoms with E-state index in [0.717, 1.165) is 0 Å². The van der Waals surface area contributed by atoms with E-state index in [1.807, 2.05) is 0 Å². The van der Waals surface area contributed by atoms with Crippen LogP contribution in [0.1, 0.15) is 6.92 Å². The van der Waals surface area contributed by atoms with Crippen molar-refractivity contribution in [2.45, 2.75) is 11.7 Å². The highest BCUT2D eigenvalue weighted by molar-refractivity contribution is 7.82. The Morgan fingerprint density at radius 1 is 1.70 bits per heavy atom. The lowest BCUT2D eigenvalue weighted by Gasteiger charge is -2.20. The number of hydrogen-bond acceptors (Lipinski definition) is 3. The lowest BCUT2D eigenvalue weighted by molar-refractivity contribution is 0.368. The first-order valence-electron chi connectivity index (χ1n) is 2.74. The molecule has 0 aromatic heterocycles. The van der Waals surface area contributed by atoms with Gasteiger partial charge < -0.3 is 15.5 Å². The molecule has 62 valence electrons. The van der Waals surface area contributed by atoms with Crippen molar-refractivity contribution in [3.63, 3.8) is 0 Å². The van der Waals surface area contributed by atoms with E-state index in [1.54, 1.807) is 6.92 Å². The van der Waals surface area contributed by atoms with E-state index in [4.69, 9.17) is 15.5 Å². The lowest BCUT2D eigenvalue weighted by Crippen LogP contribution is -2.32. The predicted molar refractivity (Wildman–Crippen MR) is 43.4 cm³/mol. The average molecular weight is 185 g/mol. The fourth-order valence-corrected chi connectivity index (χ4v) is 2.08. The van der Waals surface area contributed by atoms with Crippen LogP contribution in [0.3, 0.4) is 0 Å². The molecular formula is C4H12NO3PS. The van der Waals surface area contributed by atoms with Crippen LogP contribution in [0.4, 0.5) is 0 Å². The minimum atomic E-state index is -3.96. The highest BCUT2D eigenvalue weighted by Crippen LogP contribution is 2.39. The summed E-state index contributed by atoms with van der Waals surface area (Å²) < 4.78 is 9.63. The third-order valence-corrected chi connectivity index (χ3v) is 2.69. The number of rotatable bonds is 3. The lowest BCUT2D eigenvalue weighted by atomic mass is 10.2. The normalized spacial score (nSPS) is 18.5. The van der Waals surface area contributed by atoms with E-state index in [1.165, 1.54) is 0 Å². The Morgan fingerprint density at radius 2 is 2.10 bits per heavy atom. The molecule has 0 aliphatic heterocycles. The van der Waals surface area contributed by atoms with Gasteiger partial charge in [0.25, 0.3) is 0 Å². The predicted octanol–water partition coefficient (Wildman–Crippen LogP) is -0.189. The smallest absolute Gasteiger partial charge is 0.326 e. The van der Waals surface area contributed by atoms with Crippen molar-refractivity contribution in [3.8, 4) is 0 Å². The van der Waals surface area contributed by atoms with Crippen molar-refractivity contribution in [3.05, 3.63) is 0 Å². The van der Waals surface area contributed by atoms with Crippen LogP contribution in [0.25, 0.3) is 0 Å². The van der Waals surface area contributed by atoms with E-state index < -0.39 is 12.3 Å². The maximum Gasteiger partial charge on any atom is 0.326 e. The molecule has 0 aromatic rings. The second kappa shape index (κ2) is 3.24. The molecule has 6 heteroatoms. The monoisotopic (exact) mass is 185 g/mol. The zero-order valence-electron chi connectivity index (χ0n) is 5.69. The summed E-state index contributed by atoms with van der Waals surface area (Å²) in [5, 5.41) is 0. The summed E-state index contributed by atoms with van der Waals surface area (Å²) in [5.74, 6) is 0. The quantitative estimate of drug-likeness (QED) is 0.363. The van der Waals surface area contributed by atoms with E-state index in [0.29, 0.717) is 0 Å². The molecule has 0 bridgehead atoms. The van der Waals surface area contributed by atoms with Crippen LogP contribution in [0.5, 0.6) is 0 Å². The van der Waals surface area contributed by atoms with Crippen molar-refractivity contribution in [1.29, 1.82) is 0 Å². The van der Waals surface area contributed by atoms with Gasteiger partial charge in [-0.3, -0.25) is 4.57 Å². The Hall–Kier alpha value is 0.460. The molecule has 0 saturated heterocycles. The molecule has 4 nitrogen and oxygen atoms in total. The molecule has 0 amide bonds. The molecule has 0 aliphatic rings. The summed E-state index contributed by atoms with van der Waals surface area (Å²) in [6.07, 6.45) is -0.278. The van der Waals surface area contributed by atoms with Gasteiger partial charge in [-0.25, -0.2) is 0 Å². The number of thiol groups is 1. The third kappa shape index (κ3) is 5.26. The van der Waals surface area contributed by atoms with Gasteiger partial charge in [-0.2, -0.15) is 12.6 Å². The van der Waals surface area contributed by atoms with Gasteiger partial charge in [0.1, 0.15) is 0 Å². The second-order valence-corrected chi connectivity index (χ2v) is 5.25. The van der Waals surface area contributed by atoms with Crippen LogP contribution < -0.4 is 5.73 Å². The minimum absolute atomic E-state index is 0.154. The van der Waals surface area contributed by atoms with Gasteiger partial charge in [-0.1, -0.05) is 0 Å². The minimum Gasteiger partial charge on any atom is -0.329 e. The molecule has 1 atom stereocenters. The largest absolute Gasteiger partial charge is 0.329 e. The second-order valence-electron chi connectivity index (χ2n) is 2.52. The molecule has 4 N–H and O–H groups in total. The van der Waals surface area contributed by atoms with E-state index in [-0.39, 0.29) is 12.7 Å². The number of hydrogen-bond donors (Lipinski definition) is 4. The van der Waals surface area contributed by atoms with E-state index in [2.05, 4.69) is 12.6 Å². The maximum atomic E-state index is 10.4. The van der Waals surface area contributed by atoms with Crippen LogP contribution in [0.2, 0.25) is 0 Å². The van der Waals surface area contributed by atoms with E-state index in [9.17, 15) is 4.57 Å². The van der Waals surface area contributed by atoms with Gasteiger partial charge in [0, 0.05) is 11.3 Å². The molecule has 10 heavy (non-hydrogen) atoms. The van der Waals surface area contributed by atoms with Crippen molar-refractivity contribution in [1.82, 2.24) is 0 Å². The first kappa shape index (κ1) is 10.5. The van der Waals surface area contributed by atoms with Gasteiger partial charge in [-0.15, -0.1) is 0 Å². The summed E-state index contributed by atoms with van der Waals surface area (Å²) in [5.41, 5.74) is 5.19. The van der Waals surface area contributed by atoms with Gasteiger partial charge in [-0.05, 0) is 6.92 Å². The fourth-order valence-electron chi connectivity index (χ4n) is 0.508. The topological polar surface area (TPSA) is 83.6 Å². The zero-order chi connectivity index (χ0) is 8.41. The summed E-state index contributed by atoms with van der Waals surface area (Å²) in [7, 11) is -3.96. The Labute approximate surface area is 65.4 Å². The Balaban J connectivity index is 4.02. The molecular weight excluding hydrogens is 173 g/mol. The third-order valence-electron chi connectivity index (χ3n) is 0.986. The van der Waals surface area contributed by atoms with Crippen LogP contribution in [0.15, 0.2) is 0 Å². The van der Waals surface area contributed by atoms with Crippen LogP contribution >= 0.6 is 20.2 Å². The molecule has 0 rings (SSSR count). The first-order valence-corrected chi connectivity index (χ1v) is 4.98.